The van der Waals surface area contributed by atoms with Gasteiger partial charge in [-0.25, -0.2) is 4.99 Å². The van der Waals surface area contributed by atoms with Crippen LogP contribution in [0.1, 0.15) is 22.3 Å². The Labute approximate surface area is 156 Å². The summed E-state index contributed by atoms with van der Waals surface area (Å²) in [5.41, 5.74) is 8.14. The molecule has 0 aromatic heterocycles. The molecule has 27 heavy (non-hydrogen) atoms. The summed E-state index contributed by atoms with van der Waals surface area (Å²) in [7, 11) is 3.31. The van der Waals surface area contributed by atoms with Gasteiger partial charge in [0, 0.05) is 13.0 Å². The summed E-state index contributed by atoms with van der Waals surface area (Å²) in [6.45, 7) is 0. The number of ether oxygens (including phenoxy) is 1. The number of nitrogens with zero attached hydrogens (tertiary/aromatic N) is 3. The molecule has 1 aliphatic heterocycles. The van der Waals surface area contributed by atoms with Crippen molar-refractivity contribution in [2.75, 3.05) is 14.2 Å². The average molecular weight is 358 g/mol. The number of carbonyl (C=O) groups is 1. The van der Waals surface area contributed by atoms with E-state index in [2.05, 4.69) is 6.07 Å². The van der Waals surface area contributed by atoms with Crippen molar-refractivity contribution in [2.45, 2.75) is 17.4 Å². The van der Waals surface area contributed by atoms with Crippen molar-refractivity contribution in [3.8, 4) is 11.8 Å². The first-order valence-electron chi connectivity index (χ1n) is 8.82. The molecule has 2 N–H and O–H groups in total. The summed E-state index contributed by atoms with van der Waals surface area (Å²) in [5, 5.41) is 9.32. The second kappa shape index (κ2) is 4.89. The summed E-state index contributed by atoms with van der Waals surface area (Å²) >= 11 is 0. The molecule has 2 aliphatic carbocycles. The summed E-state index contributed by atoms with van der Waals surface area (Å²) in [4.78, 5) is 19.8. The van der Waals surface area contributed by atoms with Gasteiger partial charge in [-0.3, -0.25) is 9.69 Å². The molecule has 134 valence electrons. The van der Waals surface area contributed by atoms with Gasteiger partial charge in [-0.05, 0) is 47.4 Å². The van der Waals surface area contributed by atoms with Gasteiger partial charge in [0.1, 0.15) is 16.7 Å². The highest BCUT2D eigenvalue weighted by Crippen LogP contribution is 2.77. The van der Waals surface area contributed by atoms with Crippen LogP contribution in [-0.4, -0.2) is 30.9 Å². The molecule has 0 bridgehead atoms. The molecule has 1 spiro atoms. The number of fused-ring (bicyclic) bond motifs is 2. The minimum Gasteiger partial charge on any atom is -0.497 e. The first kappa shape index (κ1) is 15.9. The topological polar surface area (TPSA) is 91.7 Å². The number of hydrogen-bond acceptors (Lipinski definition) is 5. The number of guanidine groups is 1. The Hall–Kier alpha value is -3.33. The molecule has 3 atom stereocenters. The second-order valence-corrected chi connectivity index (χ2v) is 7.38. The molecule has 6 nitrogen and oxygen atoms in total. The van der Waals surface area contributed by atoms with Crippen molar-refractivity contribution >= 4 is 11.9 Å². The molecule has 0 radical (unpaired) electrons. The van der Waals surface area contributed by atoms with E-state index in [9.17, 15) is 10.1 Å². The van der Waals surface area contributed by atoms with Gasteiger partial charge >= 0.3 is 0 Å². The second-order valence-electron chi connectivity index (χ2n) is 7.38. The number of nitrogens with two attached hydrogens (primary N) is 1. The van der Waals surface area contributed by atoms with Crippen LogP contribution in [0.5, 0.6) is 5.75 Å². The smallest absolute Gasteiger partial charge is 0.242 e. The number of nitriles is 1. The van der Waals surface area contributed by atoms with Gasteiger partial charge in [-0.1, -0.05) is 18.2 Å². The third kappa shape index (κ3) is 1.61. The van der Waals surface area contributed by atoms with Crippen LogP contribution in [0.2, 0.25) is 0 Å². The molecule has 5 rings (SSSR count). The van der Waals surface area contributed by atoms with Gasteiger partial charge < -0.3 is 10.5 Å². The van der Waals surface area contributed by atoms with Crippen molar-refractivity contribution < 1.29 is 9.53 Å². The Morgan fingerprint density at radius 3 is 2.89 bits per heavy atom. The number of methoxy groups -OCH3 is 1. The maximum absolute atomic E-state index is 13.5. The molecule has 1 amide bonds. The Balaban J connectivity index is 1.78. The SMILES string of the molecule is COc1ccc2c(c1)CC1[C@]23C(=O)N(C)C(N)=N[C@@]13c1cccc(C#N)c1. The van der Waals surface area contributed by atoms with Crippen LogP contribution in [0.25, 0.3) is 0 Å². The van der Waals surface area contributed by atoms with Crippen molar-refractivity contribution in [3.63, 3.8) is 0 Å². The summed E-state index contributed by atoms with van der Waals surface area (Å²) in [6.07, 6.45) is 0.722. The highest BCUT2D eigenvalue weighted by molar-refractivity contribution is 6.09. The van der Waals surface area contributed by atoms with Crippen LogP contribution >= 0.6 is 0 Å². The lowest BCUT2D eigenvalue weighted by molar-refractivity contribution is -0.130. The van der Waals surface area contributed by atoms with Crippen molar-refractivity contribution in [1.29, 1.82) is 5.26 Å². The van der Waals surface area contributed by atoms with Crippen LogP contribution in [0.3, 0.4) is 0 Å². The van der Waals surface area contributed by atoms with E-state index in [1.165, 1.54) is 4.90 Å². The van der Waals surface area contributed by atoms with Gasteiger partial charge in [0.05, 0.1) is 18.7 Å². The number of benzene rings is 2. The van der Waals surface area contributed by atoms with E-state index in [1.807, 2.05) is 36.4 Å². The molecule has 1 fully saturated rings. The van der Waals surface area contributed by atoms with Crippen molar-refractivity contribution in [1.82, 2.24) is 4.90 Å². The van der Waals surface area contributed by atoms with E-state index in [-0.39, 0.29) is 17.8 Å². The third-order valence-electron chi connectivity index (χ3n) is 6.41. The Bertz CT molecular complexity index is 1090. The molecule has 2 aromatic carbocycles. The Morgan fingerprint density at radius 2 is 2.15 bits per heavy atom. The van der Waals surface area contributed by atoms with Crippen molar-refractivity contribution in [2.24, 2.45) is 16.6 Å². The molecule has 1 saturated carbocycles. The van der Waals surface area contributed by atoms with Crippen LogP contribution < -0.4 is 10.5 Å². The van der Waals surface area contributed by atoms with E-state index >= 15 is 0 Å². The predicted octanol–water partition coefficient (Wildman–Crippen LogP) is 1.67. The molecule has 1 unspecified atom stereocenters. The zero-order valence-corrected chi connectivity index (χ0v) is 15.1. The zero-order chi connectivity index (χ0) is 19.0. The lowest BCUT2D eigenvalue weighted by Gasteiger charge is -2.33. The maximum atomic E-state index is 13.5. The average Bonchev–Trinajstić information content (AvgIpc) is 3.12. The largest absolute Gasteiger partial charge is 0.497 e. The van der Waals surface area contributed by atoms with E-state index < -0.39 is 11.0 Å². The van der Waals surface area contributed by atoms with E-state index in [1.54, 1.807) is 20.2 Å². The summed E-state index contributed by atoms with van der Waals surface area (Å²) in [5.74, 6) is 0.948. The Morgan fingerprint density at radius 1 is 1.33 bits per heavy atom. The fourth-order valence-corrected chi connectivity index (χ4v) is 5.24. The van der Waals surface area contributed by atoms with Crippen LogP contribution in [-0.2, 0) is 22.2 Å². The lowest BCUT2D eigenvalue weighted by atomic mass is 9.82. The molecular weight excluding hydrogens is 340 g/mol. The van der Waals surface area contributed by atoms with Crippen LogP contribution in [0.15, 0.2) is 47.5 Å². The third-order valence-corrected chi connectivity index (χ3v) is 6.41. The molecule has 0 saturated heterocycles. The minimum absolute atomic E-state index is 0.0166. The fourth-order valence-electron chi connectivity index (χ4n) is 5.24. The van der Waals surface area contributed by atoms with Gasteiger partial charge in [-0.15, -0.1) is 0 Å². The zero-order valence-electron chi connectivity index (χ0n) is 15.1. The number of amides is 1. The number of aliphatic imine (C=N–C) groups is 1. The predicted molar refractivity (Wildman–Crippen MR) is 99.1 cm³/mol. The summed E-state index contributed by atoms with van der Waals surface area (Å²) in [6, 6.07) is 15.4. The first-order chi connectivity index (χ1) is 13.0. The van der Waals surface area contributed by atoms with E-state index in [4.69, 9.17) is 15.5 Å². The molecule has 3 aliphatic rings. The monoisotopic (exact) mass is 358 g/mol. The lowest BCUT2D eigenvalue weighted by Crippen LogP contribution is -2.51. The minimum atomic E-state index is -0.764. The molecule has 1 heterocycles. The standard InChI is InChI=1S/C21H18N4O2/c1-25-18(26)20-16-7-6-15(27-2)9-13(16)10-17(20)21(20,24-19(25)23)14-5-3-4-12(8-14)11-22/h3-9,17H,10H2,1-2H3,(H2,23,24)/t17?,20-,21-/m0/s1. The van der Waals surface area contributed by atoms with Crippen LogP contribution in [0.4, 0.5) is 0 Å². The number of rotatable bonds is 2. The van der Waals surface area contributed by atoms with Gasteiger partial charge in [0.15, 0.2) is 5.96 Å². The van der Waals surface area contributed by atoms with Gasteiger partial charge in [0.25, 0.3) is 0 Å². The number of hydrogen-bond donors (Lipinski definition) is 1. The van der Waals surface area contributed by atoms with Gasteiger partial charge in [0.2, 0.25) is 5.91 Å². The number of likely N-dealkylation sites (N-methyl/N-ethyl adjacent to an activating group) is 1. The van der Waals surface area contributed by atoms with E-state index in [0.717, 1.165) is 28.9 Å². The molecule has 6 heteroatoms. The Kier molecular flexibility index (Phi) is 2.88. The van der Waals surface area contributed by atoms with Gasteiger partial charge in [-0.2, -0.15) is 5.26 Å². The van der Waals surface area contributed by atoms with Crippen LogP contribution in [0, 0.1) is 17.2 Å². The quantitative estimate of drug-likeness (QED) is 0.884. The van der Waals surface area contributed by atoms with Crippen molar-refractivity contribution in [3.05, 3.63) is 64.7 Å². The molecular formula is C21H18N4O2. The fraction of sp³-hybridized carbons (Fsp3) is 0.286. The maximum Gasteiger partial charge on any atom is 0.242 e. The highest BCUT2D eigenvalue weighted by atomic mass is 16.5. The normalized spacial score (nSPS) is 30.0. The summed E-state index contributed by atoms with van der Waals surface area (Å²) < 4.78 is 5.35. The molecule has 2 aromatic rings. The van der Waals surface area contributed by atoms with E-state index in [0.29, 0.717) is 5.56 Å². The number of carbonyl (C=O) groups excluding carboxylic acids is 1. The highest BCUT2D eigenvalue weighted by Gasteiger charge is 2.86. The first-order valence-corrected chi connectivity index (χ1v) is 8.82.